The van der Waals surface area contributed by atoms with Crippen LogP contribution in [0, 0.1) is 5.82 Å². The van der Waals surface area contributed by atoms with Gasteiger partial charge in [-0.1, -0.05) is 23.8 Å². The van der Waals surface area contributed by atoms with Crippen LogP contribution in [-0.2, 0) is 4.79 Å². The fraction of sp³-hybridized carbons (Fsp3) is 0.235. The second-order valence-corrected chi connectivity index (χ2v) is 6.52. The molecular formula is C17H14ClFN2O3. The van der Waals surface area contributed by atoms with E-state index in [1.807, 2.05) is 12.2 Å². The molecule has 2 bridgehead atoms. The van der Waals surface area contributed by atoms with Gasteiger partial charge in [-0.25, -0.2) is 4.39 Å². The summed E-state index contributed by atoms with van der Waals surface area (Å²) in [6.45, 7) is 1.25. The van der Waals surface area contributed by atoms with Gasteiger partial charge in [0.1, 0.15) is 5.82 Å². The third-order valence-corrected chi connectivity index (χ3v) is 4.90. The van der Waals surface area contributed by atoms with Crippen LogP contribution in [0.5, 0.6) is 11.8 Å². The number of carbonyl (C=O) groups is 1. The first kappa shape index (κ1) is 15.1. The molecule has 0 saturated carbocycles. The fourth-order valence-corrected chi connectivity index (χ4v) is 3.92. The molecule has 124 valence electrons. The van der Waals surface area contributed by atoms with Gasteiger partial charge in [0.25, 0.3) is 0 Å². The highest BCUT2D eigenvalue weighted by molar-refractivity contribution is 6.34. The Hall–Kier alpha value is -2.47. The van der Waals surface area contributed by atoms with Crippen LogP contribution in [0.2, 0.25) is 5.02 Å². The largest absolute Gasteiger partial charge is 0.494 e. The van der Waals surface area contributed by atoms with E-state index in [9.17, 15) is 19.4 Å². The lowest BCUT2D eigenvalue weighted by Crippen LogP contribution is -2.09. The Morgan fingerprint density at radius 1 is 1.25 bits per heavy atom. The monoisotopic (exact) mass is 348 g/mol. The highest BCUT2D eigenvalue weighted by Crippen LogP contribution is 2.57. The normalized spacial score (nSPS) is 20.5. The molecule has 0 aliphatic heterocycles. The van der Waals surface area contributed by atoms with E-state index in [2.05, 4.69) is 5.32 Å². The number of hydrogen-bond donors (Lipinski definition) is 3. The number of hydrogen-bond acceptors (Lipinski definition) is 3. The molecule has 1 heterocycles. The SMILES string of the molecule is CC(=O)Nc1c(F)cc(-n2c(O)c3c(c2O)[C@H]2C=C[C@@H]3C2)cc1Cl. The summed E-state index contributed by atoms with van der Waals surface area (Å²) in [7, 11) is 0. The van der Waals surface area contributed by atoms with Crippen molar-refractivity contribution in [2.45, 2.75) is 25.2 Å². The van der Waals surface area contributed by atoms with Crippen LogP contribution in [-0.4, -0.2) is 20.7 Å². The van der Waals surface area contributed by atoms with Crippen molar-refractivity contribution in [2.24, 2.45) is 0 Å². The number of carbonyl (C=O) groups excluding carboxylic acids is 1. The molecule has 0 fully saturated rings. The summed E-state index contributed by atoms with van der Waals surface area (Å²) in [6.07, 6.45) is 4.84. The van der Waals surface area contributed by atoms with E-state index in [0.717, 1.165) is 12.5 Å². The standard InChI is InChI=1S/C17H14ClFN2O3/c1-7(22)20-15-11(18)5-10(6-12(15)19)21-16(23)13-8-2-3-9(4-8)14(13)17(21)24/h2-3,5-6,8-9,23-24H,4H2,1H3,(H,20,22)/t8-,9+. The number of benzene rings is 1. The van der Waals surface area contributed by atoms with Crippen LogP contribution >= 0.6 is 11.6 Å². The molecule has 5 nitrogen and oxygen atoms in total. The highest BCUT2D eigenvalue weighted by Gasteiger charge is 2.41. The van der Waals surface area contributed by atoms with Gasteiger partial charge in [0.15, 0.2) is 0 Å². The molecule has 2 aromatic rings. The Morgan fingerprint density at radius 2 is 1.83 bits per heavy atom. The molecule has 0 radical (unpaired) electrons. The smallest absolute Gasteiger partial charge is 0.221 e. The number of aromatic hydroxyl groups is 2. The van der Waals surface area contributed by atoms with Gasteiger partial charge in [-0.15, -0.1) is 0 Å². The summed E-state index contributed by atoms with van der Waals surface area (Å²) in [5, 5.41) is 23.4. The molecule has 3 N–H and O–H groups in total. The average Bonchev–Trinajstić information content (AvgIpc) is 3.17. The third kappa shape index (κ3) is 1.96. The molecule has 1 amide bonds. The van der Waals surface area contributed by atoms with Crippen molar-refractivity contribution in [1.82, 2.24) is 4.57 Å². The minimum Gasteiger partial charge on any atom is -0.494 e. The van der Waals surface area contributed by atoms with Crippen LogP contribution in [0.3, 0.4) is 0 Å². The summed E-state index contributed by atoms with van der Waals surface area (Å²) < 4.78 is 15.5. The summed E-state index contributed by atoms with van der Waals surface area (Å²) in [5.74, 6) is -1.28. The number of amides is 1. The minimum absolute atomic E-state index is 0.0195. The number of allylic oxidation sites excluding steroid dienone is 2. The first-order chi connectivity index (χ1) is 11.4. The van der Waals surface area contributed by atoms with Crippen LogP contribution in [0.4, 0.5) is 10.1 Å². The van der Waals surface area contributed by atoms with E-state index in [4.69, 9.17) is 11.6 Å². The van der Waals surface area contributed by atoms with Gasteiger partial charge in [0.2, 0.25) is 17.7 Å². The zero-order valence-electron chi connectivity index (χ0n) is 12.7. The first-order valence-corrected chi connectivity index (χ1v) is 7.88. The highest BCUT2D eigenvalue weighted by atomic mass is 35.5. The van der Waals surface area contributed by atoms with Gasteiger partial charge >= 0.3 is 0 Å². The van der Waals surface area contributed by atoms with E-state index in [-0.39, 0.29) is 40.0 Å². The van der Waals surface area contributed by atoms with Crippen molar-refractivity contribution in [3.05, 3.63) is 46.3 Å². The average molecular weight is 349 g/mol. The molecule has 1 aromatic carbocycles. The maximum Gasteiger partial charge on any atom is 0.221 e. The third-order valence-electron chi connectivity index (χ3n) is 4.61. The molecule has 4 rings (SSSR count). The van der Waals surface area contributed by atoms with Crippen molar-refractivity contribution in [1.29, 1.82) is 0 Å². The number of rotatable bonds is 2. The zero-order valence-corrected chi connectivity index (χ0v) is 13.4. The molecule has 0 saturated heterocycles. The molecule has 7 heteroatoms. The second kappa shape index (κ2) is 5.01. The Balaban J connectivity index is 1.86. The minimum atomic E-state index is -0.749. The molecule has 2 aliphatic carbocycles. The molecule has 2 atom stereocenters. The van der Waals surface area contributed by atoms with Crippen LogP contribution in [0.25, 0.3) is 5.69 Å². The summed E-state index contributed by atoms with van der Waals surface area (Å²) in [6, 6.07) is 2.50. The first-order valence-electron chi connectivity index (χ1n) is 7.50. The van der Waals surface area contributed by atoms with Crippen LogP contribution in [0.1, 0.15) is 36.3 Å². The number of nitrogens with one attached hydrogen (secondary N) is 1. The van der Waals surface area contributed by atoms with Gasteiger partial charge in [-0.05, 0) is 12.5 Å². The summed E-state index contributed by atoms with van der Waals surface area (Å²) >= 11 is 6.05. The summed E-state index contributed by atoms with van der Waals surface area (Å²) in [5.41, 5.74) is 1.42. The zero-order chi connectivity index (χ0) is 17.2. The molecule has 1 aromatic heterocycles. The number of aromatic nitrogens is 1. The second-order valence-electron chi connectivity index (χ2n) is 6.11. The predicted molar refractivity (Wildman–Crippen MR) is 87.6 cm³/mol. The topological polar surface area (TPSA) is 74.5 Å². The molecule has 0 spiro atoms. The predicted octanol–water partition coefficient (Wildman–Crippen LogP) is 3.78. The lowest BCUT2D eigenvalue weighted by molar-refractivity contribution is -0.114. The Labute approximate surface area is 142 Å². The Morgan fingerprint density at radius 3 is 2.33 bits per heavy atom. The number of fused-ring (bicyclic) bond motifs is 5. The molecular weight excluding hydrogens is 335 g/mol. The maximum absolute atomic E-state index is 14.3. The fourth-order valence-electron chi connectivity index (χ4n) is 3.67. The number of anilines is 1. The Kier molecular flexibility index (Phi) is 3.15. The number of halogens is 2. The molecule has 24 heavy (non-hydrogen) atoms. The van der Waals surface area contributed by atoms with Gasteiger partial charge in [-0.3, -0.25) is 9.36 Å². The van der Waals surface area contributed by atoms with Crippen molar-refractivity contribution in [3.8, 4) is 17.4 Å². The van der Waals surface area contributed by atoms with Crippen molar-refractivity contribution in [2.75, 3.05) is 5.32 Å². The van der Waals surface area contributed by atoms with E-state index < -0.39 is 11.7 Å². The van der Waals surface area contributed by atoms with E-state index in [0.29, 0.717) is 11.1 Å². The van der Waals surface area contributed by atoms with Gasteiger partial charge in [0, 0.05) is 36.0 Å². The van der Waals surface area contributed by atoms with Crippen molar-refractivity contribution < 1.29 is 19.4 Å². The quantitative estimate of drug-likeness (QED) is 0.723. The van der Waals surface area contributed by atoms with Crippen molar-refractivity contribution in [3.63, 3.8) is 0 Å². The molecule has 0 unspecified atom stereocenters. The van der Waals surface area contributed by atoms with Crippen LogP contribution in [0.15, 0.2) is 24.3 Å². The van der Waals surface area contributed by atoms with Gasteiger partial charge in [-0.2, -0.15) is 0 Å². The summed E-state index contributed by atoms with van der Waals surface area (Å²) in [4.78, 5) is 11.1. The lowest BCUT2D eigenvalue weighted by Gasteiger charge is -2.13. The van der Waals surface area contributed by atoms with Crippen molar-refractivity contribution >= 4 is 23.2 Å². The van der Waals surface area contributed by atoms with Gasteiger partial charge < -0.3 is 15.5 Å². The van der Waals surface area contributed by atoms with E-state index in [1.54, 1.807) is 0 Å². The van der Waals surface area contributed by atoms with E-state index >= 15 is 0 Å². The lowest BCUT2D eigenvalue weighted by atomic mass is 10.0. The van der Waals surface area contributed by atoms with E-state index in [1.165, 1.54) is 17.6 Å². The Bertz CT molecular complexity index is 861. The van der Waals surface area contributed by atoms with Crippen LogP contribution < -0.4 is 5.32 Å². The molecule has 2 aliphatic rings. The maximum atomic E-state index is 14.3. The van der Waals surface area contributed by atoms with Gasteiger partial charge in [0.05, 0.1) is 16.4 Å². The number of nitrogens with zero attached hydrogens (tertiary/aromatic N) is 1.